The van der Waals surface area contributed by atoms with Crippen molar-refractivity contribution in [1.29, 1.82) is 0 Å². The minimum Gasteiger partial charge on any atom is -0.328 e. The number of hydrogen-bond donors (Lipinski definition) is 0. The van der Waals surface area contributed by atoms with Gasteiger partial charge in [0.05, 0.1) is 22.9 Å². The molecule has 0 spiro atoms. The zero-order valence-electron chi connectivity index (χ0n) is 13.9. The first-order valence-electron chi connectivity index (χ1n) is 8.02. The number of aryl methyl sites for hydroxylation is 2. The molecule has 4 aromatic heterocycles. The Hall–Kier alpha value is -2.67. The van der Waals surface area contributed by atoms with E-state index in [2.05, 4.69) is 32.5 Å². The van der Waals surface area contributed by atoms with E-state index in [1.807, 2.05) is 13.1 Å². The molecule has 0 radical (unpaired) electrons. The number of halogens is 1. The third kappa shape index (κ3) is 2.91. The van der Waals surface area contributed by atoms with E-state index in [9.17, 15) is 4.39 Å². The summed E-state index contributed by atoms with van der Waals surface area (Å²) in [5, 5.41) is 0. The standard InChI is InChI=1S/C18H16FN5S/c1-3-24-14-7-11(2)20-9-13(14)23-17(24)8-15-18(21-10-25-15)12-5-4-6-16(19)22-12/h4-7,9-10H,3,8H2,1-2H3. The Morgan fingerprint density at radius 1 is 1.20 bits per heavy atom. The van der Waals surface area contributed by atoms with Gasteiger partial charge in [0.25, 0.3) is 0 Å². The van der Waals surface area contributed by atoms with Gasteiger partial charge in [-0.05, 0) is 32.0 Å². The first-order valence-corrected chi connectivity index (χ1v) is 8.90. The molecule has 0 saturated carbocycles. The highest BCUT2D eigenvalue weighted by molar-refractivity contribution is 7.10. The predicted molar refractivity (Wildman–Crippen MR) is 96.0 cm³/mol. The summed E-state index contributed by atoms with van der Waals surface area (Å²) in [5.74, 6) is 0.450. The SMILES string of the molecule is CCn1c(Cc2scnc2-c2cccc(F)n2)nc2cnc(C)cc21. The number of thiazole rings is 1. The molecule has 0 unspecified atom stereocenters. The van der Waals surface area contributed by atoms with Gasteiger partial charge < -0.3 is 4.57 Å². The summed E-state index contributed by atoms with van der Waals surface area (Å²) in [6.07, 6.45) is 2.43. The number of pyridine rings is 2. The number of imidazole rings is 1. The second-order valence-corrected chi connectivity index (χ2v) is 6.67. The fourth-order valence-electron chi connectivity index (χ4n) is 2.96. The van der Waals surface area contributed by atoms with Gasteiger partial charge in [0.1, 0.15) is 17.0 Å². The first kappa shape index (κ1) is 15.8. The van der Waals surface area contributed by atoms with Crippen molar-refractivity contribution in [3.8, 4) is 11.4 Å². The van der Waals surface area contributed by atoms with Gasteiger partial charge in [0.15, 0.2) is 0 Å². The van der Waals surface area contributed by atoms with Crippen LogP contribution in [-0.4, -0.2) is 24.5 Å². The average Bonchev–Trinajstić information content (AvgIpc) is 3.19. The molecule has 126 valence electrons. The molecule has 7 heteroatoms. The molecule has 0 fully saturated rings. The lowest BCUT2D eigenvalue weighted by Gasteiger charge is -2.06. The molecular weight excluding hydrogens is 337 g/mol. The Balaban J connectivity index is 1.77. The van der Waals surface area contributed by atoms with Crippen molar-refractivity contribution < 1.29 is 4.39 Å². The molecule has 0 saturated heterocycles. The van der Waals surface area contributed by atoms with Crippen LogP contribution in [0.15, 0.2) is 36.0 Å². The number of nitrogens with zero attached hydrogens (tertiary/aromatic N) is 5. The van der Waals surface area contributed by atoms with Gasteiger partial charge in [-0.15, -0.1) is 11.3 Å². The van der Waals surface area contributed by atoms with Crippen LogP contribution in [0, 0.1) is 12.9 Å². The zero-order valence-corrected chi connectivity index (χ0v) is 14.7. The summed E-state index contributed by atoms with van der Waals surface area (Å²) in [7, 11) is 0. The number of fused-ring (bicyclic) bond motifs is 1. The van der Waals surface area contributed by atoms with Crippen LogP contribution in [0.25, 0.3) is 22.4 Å². The average molecular weight is 353 g/mol. The summed E-state index contributed by atoms with van der Waals surface area (Å²) >= 11 is 1.53. The normalized spacial score (nSPS) is 11.3. The Morgan fingerprint density at radius 3 is 2.88 bits per heavy atom. The fraction of sp³-hybridized carbons (Fsp3) is 0.222. The van der Waals surface area contributed by atoms with E-state index in [1.165, 1.54) is 17.4 Å². The van der Waals surface area contributed by atoms with Gasteiger partial charge in [0, 0.05) is 23.5 Å². The number of hydrogen-bond acceptors (Lipinski definition) is 5. The van der Waals surface area contributed by atoms with Crippen LogP contribution in [-0.2, 0) is 13.0 Å². The molecule has 0 aliphatic heterocycles. The van der Waals surface area contributed by atoms with Crippen molar-refractivity contribution in [2.24, 2.45) is 0 Å². The third-order valence-corrected chi connectivity index (χ3v) is 4.92. The van der Waals surface area contributed by atoms with Crippen molar-refractivity contribution in [2.75, 3.05) is 0 Å². The molecule has 4 rings (SSSR count). The molecule has 0 N–H and O–H groups in total. The summed E-state index contributed by atoms with van der Waals surface area (Å²) in [4.78, 5) is 18.4. The minimum absolute atomic E-state index is 0.501. The van der Waals surface area contributed by atoms with Gasteiger partial charge in [-0.3, -0.25) is 4.98 Å². The van der Waals surface area contributed by atoms with Crippen LogP contribution in [0.3, 0.4) is 0 Å². The van der Waals surface area contributed by atoms with Crippen molar-refractivity contribution in [2.45, 2.75) is 26.8 Å². The van der Waals surface area contributed by atoms with Gasteiger partial charge in [-0.1, -0.05) is 6.07 Å². The van der Waals surface area contributed by atoms with E-state index in [4.69, 9.17) is 4.98 Å². The van der Waals surface area contributed by atoms with Crippen LogP contribution < -0.4 is 0 Å². The highest BCUT2D eigenvalue weighted by Crippen LogP contribution is 2.27. The van der Waals surface area contributed by atoms with Crippen LogP contribution in [0.4, 0.5) is 4.39 Å². The summed E-state index contributed by atoms with van der Waals surface area (Å²) in [6, 6.07) is 6.81. The molecule has 25 heavy (non-hydrogen) atoms. The molecule has 5 nitrogen and oxygen atoms in total. The minimum atomic E-state index is -0.501. The largest absolute Gasteiger partial charge is 0.328 e. The second-order valence-electron chi connectivity index (χ2n) is 5.73. The molecule has 0 amide bonds. The number of rotatable bonds is 4. The summed E-state index contributed by atoms with van der Waals surface area (Å²) < 4.78 is 15.6. The van der Waals surface area contributed by atoms with Gasteiger partial charge in [0.2, 0.25) is 5.95 Å². The van der Waals surface area contributed by atoms with Crippen molar-refractivity contribution in [1.82, 2.24) is 24.5 Å². The monoisotopic (exact) mass is 353 g/mol. The zero-order chi connectivity index (χ0) is 17.4. The molecular formula is C18H16FN5S. The molecule has 0 aromatic carbocycles. The van der Waals surface area contributed by atoms with Crippen LogP contribution in [0.1, 0.15) is 23.3 Å². The quantitative estimate of drug-likeness (QED) is 0.520. The topological polar surface area (TPSA) is 56.5 Å². The summed E-state index contributed by atoms with van der Waals surface area (Å²) in [6.45, 7) is 4.90. The molecule has 4 aromatic rings. The Labute approximate surface area is 148 Å². The second kappa shape index (κ2) is 6.33. The van der Waals surface area contributed by atoms with E-state index in [0.29, 0.717) is 17.8 Å². The van der Waals surface area contributed by atoms with E-state index in [1.54, 1.807) is 17.6 Å². The lowest BCUT2D eigenvalue weighted by atomic mass is 10.2. The van der Waals surface area contributed by atoms with Crippen LogP contribution in [0.5, 0.6) is 0 Å². The molecule has 0 aliphatic carbocycles. The maximum Gasteiger partial charge on any atom is 0.213 e. The van der Waals surface area contributed by atoms with Crippen LogP contribution in [0.2, 0.25) is 0 Å². The third-order valence-electron chi connectivity index (χ3n) is 4.08. The maximum atomic E-state index is 13.5. The molecule has 0 aliphatic rings. The van der Waals surface area contributed by atoms with E-state index >= 15 is 0 Å². The van der Waals surface area contributed by atoms with E-state index in [-0.39, 0.29) is 0 Å². The number of aromatic nitrogens is 5. The highest BCUT2D eigenvalue weighted by atomic mass is 32.1. The highest BCUT2D eigenvalue weighted by Gasteiger charge is 2.16. The predicted octanol–water partition coefficient (Wildman–Crippen LogP) is 4.01. The lowest BCUT2D eigenvalue weighted by Crippen LogP contribution is -2.03. The van der Waals surface area contributed by atoms with Crippen molar-refractivity contribution in [3.63, 3.8) is 0 Å². The Kier molecular flexibility index (Phi) is 4.01. The van der Waals surface area contributed by atoms with E-state index < -0.39 is 5.95 Å². The van der Waals surface area contributed by atoms with Gasteiger partial charge >= 0.3 is 0 Å². The first-order chi connectivity index (χ1) is 12.2. The Bertz CT molecular complexity index is 1050. The fourth-order valence-corrected chi connectivity index (χ4v) is 3.72. The van der Waals surface area contributed by atoms with E-state index in [0.717, 1.165) is 34.0 Å². The maximum absolute atomic E-state index is 13.5. The Morgan fingerprint density at radius 2 is 2.08 bits per heavy atom. The van der Waals surface area contributed by atoms with Crippen molar-refractivity contribution in [3.05, 3.63) is 58.3 Å². The molecule has 4 heterocycles. The summed E-state index contributed by atoms with van der Waals surface area (Å²) in [5.41, 5.74) is 5.97. The van der Waals surface area contributed by atoms with Gasteiger partial charge in [-0.2, -0.15) is 4.39 Å². The molecule has 0 bridgehead atoms. The van der Waals surface area contributed by atoms with Gasteiger partial charge in [-0.25, -0.2) is 15.0 Å². The smallest absolute Gasteiger partial charge is 0.213 e. The van der Waals surface area contributed by atoms with Crippen LogP contribution >= 0.6 is 11.3 Å². The van der Waals surface area contributed by atoms with Crippen molar-refractivity contribution >= 4 is 22.4 Å². The molecule has 0 atom stereocenters. The lowest BCUT2D eigenvalue weighted by molar-refractivity contribution is 0.585.